The third-order valence-electron chi connectivity index (χ3n) is 4.01. The molecule has 2 aromatic carbocycles. The van der Waals surface area contributed by atoms with Gasteiger partial charge in [0.1, 0.15) is 0 Å². The quantitative estimate of drug-likeness (QED) is 0.843. The Morgan fingerprint density at radius 3 is 2.14 bits per heavy atom. The predicted octanol–water partition coefficient (Wildman–Crippen LogP) is 3.90. The van der Waals surface area contributed by atoms with Crippen molar-refractivity contribution >= 4 is 0 Å². The molecule has 0 aliphatic heterocycles. The fourth-order valence-electron chi connectivity index (χ4n) is 2.51. The van der Waals surface area contributed by atoms with E-state index in [9.17, 15) is 0 Å². The SMILES string of the molecule is CCc1ccc(CCC(N)c2ccc(OC)c(OC)c2)cc1. The van der Waals surface area contributed by atoms with Crippen molar-refractivity contribution < 1.29 is 9.47 Å². The summed E-state index contributed by atoms with van der Waals surface area (Å²) in [6.07, 6.45) is 2.95. The van der Waals surface area contributed by atoms with Crippen molar-refractivity contribution in [3.05, 3.63) is 59.2 Å². The van der Waals surface area contributed by atoms with E-state index in [1.807, 2.05) is 18.2 Å². The lowest BCUT2D eigenvalue weighted by molar-refractivity contribution is 0.354. The fourth-order valence-corrected chi connectivity index (χ4v) is 2.51. The van der Waals surface area contributed by atoms with Gasteiger partial charge in [-0.05, 0) is 48.1 Å². The van der Waals surface area contributed by atoms with Crippen molar-refractivity contribution in [3.8, 4) is 11.5 Å². The van der Waals surface area contributed by atoms with Crippen molar-refractivity contribution in [1.82, 2.24) is 0 Å². The first kappa shape index (κ1) is 16.4. The highest BCUT2D eigenvalue weighted by molar-refractivity contribution is 5.43. The first-order valence-corrected chi connectivity index (χ1v) is 7.73. The molecule has 0 radical (unpaired) electrons. The van der Waals surface area contributed by atoms with Crippen LogP contribution in [0.15, 0.2) is 42.5 Å². The van der Waals surface area contributed by atoms with Gasteiger partial charge in [0.2, 0.25) is 0 Å². The van der Waals surface area contributed by atoms with E-state index in [1.54, 1.807) is 14.2 Å². The Balaban J connectivity index is 2.00. The number of hydrogen-bond donors (Lipinski definition) is 1. The van der Waals surface area contributed by atoms with E-state index < -0.39 is 0 Å². The Labute approximate surface area is 133 Å². The molecule has 2 rings (SSSR count). The maximum absolute atomic E-state index is 6.32. The minimum Gasteiger partial charge on any atom is -0.493 e. The van der Waals surface area contributed by atoms with Crippen LogP contribution in [-0.2, 0) is 12.8 Å². The Hall–Kier alpha value is -2.00. The van der Waals surface area contributed by atoms with Crippen molar-refractivity contribution in [2.24, 2.45) is 5.73 Å². The predicted molar refractivity (Wildman–Crippen MR) is 90.6 cm³/mol. The second kappa shape index (κ2) is 7.85. The van der Waals surface area contributed by atoms with Gasteiger partial charge in [0.25, 0.3) is 0 Å². The molecule has 0 aliphatic rings. The van der Waals surface area contributed by atoms with Crippen LogP contribution in [0.2, 0.25) is 0 Å². The lowest BCUT2D eigenvalue weighted by Crippen LogP contribution is -2.11. The van der Waals surface area contributed by atoms with E-state index in [2.05, 4.69) is 31.2 Å². The molecule has 0 heterocycles. The first-order chi connectivity index (χ1) is 10.7. The summed E-state index contributed by atoms with van der Waals surface area (Å²) < 4.78 is 10.6. The Bertz CT molecular complexity index is 593. The molecule has 3 nitrogen and oxygen atoms in total. The van der Waals surface area contributed by atoms with E-state index in [1.165, 1.54) is 11.1 Å². The van der Waals surface area contributed by atoms with Crippen molar-refractivity contribution in [2.45, 2.75) is 32.2 Å². The molecule has 0 saturated heterocycles. The average molecular weight is 299 g/mol. The third kappa shape index (κ3) is 4.01. The molecule has 0 aromatic heterocycles. The zero-order chi connectivity index (χ0) is 15.9. The van der Waals surface area contributed by atoms with Gasteiger partial charge < -0.3 is 15.2 Å². The summed E-state index contributed by atoms with van der Waals surface area (Å²) in [5.41, 5.74) is 10.1. The van der Waals surface area contributed by atoms with Gasteiger partial charge in [-0.15, -0.1) is 0 Å². The van der Waals surface area contributed by atoms with Gasteiger partial charge in [-0.3, -0.25) is 0 Å². The molecular weight excluding hydrogens is 274 g/mol. The maximum Gasteiger partial charge on any atom is 0.161 e. The number of ether oxygens (including phenoxy) is 2. The molecular formula is C19H25NO2. The van der Waals surface area contributed by atoms with Crippen LogP contribution in [0.4, 0.5) is 0 Å². The van der Waals surface area contributed by atoms with E-state index in [0.717, 1.165) is 36.3 Å². The van der Waals surface area contributed by atoms with E-state index >= 15 is 0 Å². The van der Waals surface area contributed by atoms with Gasteiger partial charge in [-0.1, -0.05) is 37.3 Å². The Morgan fingerprint density at radius 1 is 0.909 bits per heavy atom. The van der Waals surface area contributed by atoms with Crippen molar-refractivity contribution in [2.75, 3.05) is 14.2 Å². The van der Waals surface area contributed by atoms with Crippen LogP contribution in [0.5, 0.6) is 11.5 Å². The first-order valence-electron chi connectivity index (χ1n) is 7.73. The zero-order valence-corrected chi connectivity index (χ0v) is 13.6. The van der Waals surface area contributed by atoms with Gasteiger partial charge in [0.15, 0.2) is 11.5 Å². The monoisotopic (exact) mass is 299 g/mol. The van der Waals surface area contributed by atoms with Gasteiger partial charge in [0, 0.05) is 6.04 Å². The highest BCUT2D eigenvalue weighted by Gasteiger charge is 2.10. The van der Waals surface area contributed by atoms with Gasteiger partial charge in [0.05, 0.1) is 14.2 Å². The number of benzene rings is 2. The molecule has 118 valence electrons. The van der Waals surface area contributed by atoms with Crippen molar-refractivity contribution in [1.29, 1.82) is 0 Å². The minimum absolute atomic E-state index is 0.00865. The van der Waals surface area contributed by atoms with Crippen LogP contribution in [0, 0.1) is 0 Å². The summed E-state index contributed by atoms with van der Waals surface area (Å²) >= 11 is 0. The average Bonchev–Trinajstić information content (AvgIpc) is 2.59. The molecule has 0 bridgehead atoms. The summed E-state index contributed by atoms with van der Waals surface area (Å²) in [4.78, 5) is 0. The summed E-state index contributed by atoms with van der Waals surface area (Å²) in [7, 11) is 3.28. The minimum atomic E-state index is -0.00865. The molecule has 0 saturated carbocycles. The van der Waals surface area contributed by atoms with Crippen LogP contribution in [0.3, 0.4) is 0 Å². The molecule has 1 atom stereocenters. The molecule has 3 heteroatoms. The molecule has 0 fully saturated rings. The largest absolute Gasteiger partial charge is 0.493 e. The lowest BCUT2D eigenvalue weighted by Gasteiger charge is -2.15. The van der Waals surface area contributed by atoms with E-state index in [0.29, 0.717) is 0 Å². The molecule has 0 spiro atoms. The van der Waals surface area contributed by atoms with Crippen LogP contribution < -0.4 is 15.2 Å². The molecule has 0 amide bonds. The zero-order valence-electron chi connectivity index (χ0n) is 13.6. The number of nitrogens with two attached hydrogens (primary N) is 1. The number of aryl methyl sites for hydroxylation is 2. The highest BCUT2D eigenvalue weighted by Crippen LogP contribution is 2.30. The van der Waals surface area contributed by atoms with E-state index in [4.69, 9.17) is 15.2 Å². The standard InChI is InChI=1S/C19H25NO2/c1-4-14-5-7-15(8-6-14)9-11-17(20)16-10-12-18(21-2)19(13-16)22-3/h5-8,10,12-13,17H,4,9,11,20H2,1-3H3. The van der Waals surface area contributed by atoms with Crippen molar-refractivity contribution in [3.63, 3.8) is 0 Å². The number of hydrogen-bond acceptors (Lipinski definition) is 3. The van der Waals surface area contributed by atoms with Crippen LogP contribution in [0.1, 0.15) is 36.1 Å². The normalized spacial score (nSPS) is 12.0. The van der Waals surface area contributed by atoms with Crippen LogP contribution in [0.25, 0.3) is 0 Å². The van der Waals surface area contributed by atoms with Gasteiger partial charge in [-0.2, -0.15) is 0 Å². The third-order valence-corrected chi connectivity index (χ3v) is 4.01. The Kier molecular flexibility index (Phi) is 5.84. The Morgan fingerprint density at radius 2 is 1.55 bits per heavy atom. The second-order valence-electron chi connectivity index (χ2n) is 5.43. The maximum atomic E-state index is 6.32. The van der Waals surface area contributed by atoms with Gasteiger partial charge >= 0.3 is 0 Å². The fraction of sp³-hybridized carbons (Fsp3) is 0.368. The molecule has 2 N–H and O–H groups in total. The molecule has 0 aliphatic carbocycles. The van der Waals surface area contributed by atoms with Crippen LogP contribution >= 0.6 is 0 Å². The van der Waals surface area contributed by atoms with E-state index in [-0.39, 0.29) is 6.04 Å². The number of rotatable bonds is 7. The highest BCUT2D eigenvalue weighted by atomic mass is 16.5. The second-order valence-corrected chi connectivity index (χ2v) is 5.43. The molecule has 1 unspecified atom stereocenters. The summed E-state index contributed by atoms with van der Waals surface area (Å²) in [5.74, 6) is 1.45. The summed E-state index contributed by atoms with van der Waals surface area (Å²) in [6, 6.07) is 14.6. The topological polar surface area (TPSA) is 44.5 Å². The molecule has 2 aromatic rings. The summed E-state index contributed by atoms with van der Waals surface area (Å²) in [6.45, 7) is 2.17. The smallest absolute Gasteiger partial charge is 0.161 e. The van der Waals surface area contributed by atoms with Gasteiger partial charge in [-0.25, -0.2) is 0 Å². The van der Waals surface area contributed by atoms with Crippen LogP contribution in [-0.4, -0.2) is 14.2 Å². The summed E-state index contributed by atoms with van der Waals surface area (Å²) in [5, 5.41) is 0. The number of methoxy groups -OCH3 is 2. The molecule has 22 heavy (non-hydrogen) atoms. The lowest BCUT2D eigenvalue weighted by atomic mass is 9.98.